The Kier molecular flexibility index (Phi) is 3.88. The first kappa shape index (κ1) is 11.8. The van der Waals surface area contributed by atoms with Crippen molar-refractivity contribution < 1.29 is 4.39 Å². The molecule has 0 atom stereocenters. The summed E-state index contributed by atoms with van der Waals surface area (Å²) in [7, 11) is 0. The standard InChI is InChI=1S/C12H11ClFN3/c13-11-7-15-8-12(17-11)16-6-5-9-3-1-2-4-10(9)14/h1-4,7-8H,5-6H2,(H,16,17). The number of nitrogens with one attached hydrogen (secondary N) is 1. The molecule has 0 aliphatic rings. The van der Waals surface area contributed by atoms with Crippen LogP contribution in [0, 0.1) is 5.82 Å². The molecule has 0 bridgehead atoms. The lowest BCUT2D eigenvalue weighted by atomic mass is 10.1. The Balaban J connectivity index is 1.90. The lowest BCUT2D eigenvalue weighted by molar-refractivity contribution is 0.610. The molecule has 0 saturated heterocycles. The van der Waals surface area contributed by atoms with E-state index in [1.54, 1.807) is 18.3 Å². The zero-order valence-corrected chi connectivity index (χ0v) is 9.78. The predicted molar refractivity (Wildman–Crippen MR) is 65.6 cm³/mol. The lowest BCUT2D eigenvalue weighted by Gasteiger charge is -2.05. The van der Waals surface area contributed by atoms with Gasteiger partial charge in [-0.15, -0.1) is 0 Å². The molecule has 2 aromatic rings. The molecule has 17 heavy (non-hydrogen) atoms. The highest BCUT2D eigenvalue weighted by Crippen LogP contribution is 2.09. The smallest absolute Gasteiger partial charge is 0.149 e. The quantitative estimate of drug-likeness (QED) is 0.908. The van der Waals surface area contributed by atoms with Gasteiger partial charge in [0.2, 0.25) is 0 Å². The van der Waals surface area contributed by atoms with E-state index in [2.05, 4.69) is 15.3 Å². The molecule has 88 valence electrons. The molecule has 0 radical (unpaired) electrons. The summed E-state index contributed by atoms with van der Waals surface area (Å²) in [4.78, 5) is 7.92. The summed E-state index contributed by atoms with van der Waals surface area (Å²) in [6, 6.07) is 6.71. The lowest BCUT2D eigenvalue weighted by Crippen LogP contribution is -2.07. The van der Waals surface area contributed by atoms with Crippen molar-refractivity contribution in [1.82, 2.24) is 9.97 Å². The Morgan fingerprint density at radius 1 is 1.24 bits per heavy atom. The zero-order valence-electron chi connectivity index (χ0n) is 9.03. The van der Waals surface area contributed by atoms with Crippen LogP contribution in [0.2, 0.25) is 5.15 Å². The molecule has 0 amide bonds. The van der Waals surface area contributed by atoms with Crippen LogP contribution in [0.5, 0.6) is 0 Å². The minimum Gasteiger partial charge on any atom is -0.368 e. The number of anilines is 1. The van der Waals surface area contributed by atoms with Crippen molar-refractivity contribution >= 4 is 17.4 Å². The molecule has 1 aromatic heterocycles. The average Bonchev–Trinajstić information content (AvgIpc) is 2.32. The fourth-order valence-electron chi connectivity index (χ4n) is 1.45. The van der Waals surface area contributed by atoms with Crippen LogP contribution in [0.15, 0.2) is 36.7 Å². The Morgan fingerprint density at radius 3 is 2.82 bits per heavy atom. The summed E-state index contributed by atoms with van der Waals surface area (Å²) < 4.78 is 13.3. The molecular weight excluding hydrogens is 241 g/mol. The number of aromatic nitrogens is 2. The van der Waals surface area contributed by atoms with E-state index in [0.717, 1.165) is 0 Å². The number of benzene rings is 1. The molecule has 3 nitrogen and oxygen atoms in total. The Morgan fingerprint density at radius 2 is 2.06 bits per heavy atom. The number of hydrogen-bond acceptors (Lipinski definition) is 3. The number of hydrogen-bond donors (Lipinski definition) is 1. The molecular formula is C12H11ClFN3. The first-order valence-electron chi connectivity index (χ1n) is 5.20. The molecule has 1 aromatic carbocycles. The summed E-state index contributed by atoms with van der Waals surface area (Å²) in [6.45, 7) is 0.579. The van der Waals surface area contributed by atoms with Gasteiger partial charge in [0, 0.05) is 6.54 Å². The molecule has 0 fully saturated rings. The fourth-order valence-corrected chi connectivity index (χ4v) is 1.60. The van der Waals surface area contributed by atoms with E-state index in [4.69, 9.17) is 11.6 Å². The monoisotopic (exact) mass is 251 g/mol. The summed E-state index contributed by atoms with van der Waals surface area (Å²) >= 11 is 5.69. The summed E-state index contributed by atoms with van der Waals surface area (Å²) in [6.07, 6.45) is 3.62. The maximum atomic E-state index is 13.3. The second-order valence-corrected chi connectivity index (χ2v) is 3.88. The summed E-state index contributed by atoms with van der Waals surface area (Å²) in [5.41, 5.74) is 0.676. The van der Waals surface area contributed by atoms with Gasteiger partial charge >= 0.3 is 0 Å². The van der Waals surface area contributed by atoms with Crippen molar-refractivity contribution in [1.29, 1.82) is 0 Å². The van der Waals surface area contributed by atoms with Gasteiger partial charge in [-0.05, 0) is 18.1 Å². The third kappa shape index (κ3) is 3.39. The maximum absolute atomic E-state index is 13.3. The van der Waals surface area contributed by atoms with E-state index in [1.807, 2.05) is 6.07 Å². The van der Waals surface area contributed by atoms with E-state index in [9.17, 15) is 4.39 Å². The van der Waals surface area contributed by atoms with Gasteiger partial charge in [0.1, 0.15) is 16.8 Å². The molecule has 0 aliphatic heterocycles. The van der Waals surface area contributed by atoms with Crippen molar-refractivity contribution in [3.63, 3.8) is 0 Å². The van der Waals surface area contributed by atoms with Crippen LogP contribution in [-0.2, 0) is 6.42 Å². The molecule has 0 unspecified atom stereocenters. The van der Waals surface area contributed by atoms with Crippen molar-refractivity contribution in [3.8, 4) is 0 Å². The van der Waals surface area contributed by atoms with Gasteiger partial charge in [0.15, 0.2) is 0 Å². The van der Waals surface area contributed by atoms with Crippen LogP contribution < -0.4 is 5.32 Å². The highest BCUT2D eigenvalue weighted by atomic mass is 35.5. The third-order valence-corrected chi connectivity index (χ3v) is 2.45. The first-order chi connectivity index (χ1) is 8.25. The second kappa shape index (κ2) is 5.59. The Bertz CT molecular complexity index is 505. The van der Waals surface area contributed by atoms with Crippen molar-refractivity contribution in [2.45, 2.75) is 6.42 Å². The van der Waals surface area contributed by atoms with Crippen LogP contribution >= 0.6 is 11.6 Å². The normalized spacial score (nSPS) is 10.2. The van der Waals surface area contributed by atoms with Gasteiger partial charge in [0.05, 0.1) is 12.4 Å². The number of halogens is 2. The van der Waals surface area contributed by atoms with Crippen LogP contribution in [0.1, 0.15) is 5.56 Å². The van der Waals surface area contributed by atoms with Crippen LogP contribution in [-0.4, -0.2) is 16.5 Å². The molecule has 5 heteroatoms. The third-order valence-electron chi connectivity index (χ3n) is 2.26. The van der Waals surface area contributed by atoms with Crippen molar-refractivity contribution in [2.24, 2.45) is 0 Å². The Hall–Kier alpha value is -1.68. The molecule has 0 spiro atoms. The van der Waals surface area contributed by atoms with Crippen molar-refractivity contribution in [3.05, 3.63) is 53.2 Å². The number of rotatable bonds is 4. The van der Waals surface area contributed by atoms with Crippen LogP contribution in [0.4, 0.5) is 10.2 Å². The molecule has 0 saturated carbocycles. The average molecular weight is 252 g/mol. The fraction of sp³-hybridized carbons (Fsp3) is 0.167. The Labute approximate surface area is 104 Å². The van der Waals surface area contributed by atoms with Gasteiger partial charge in [-0.1, -0.05) is 29.8 Å². The van der Waals surface area contributed by atoms with E-state index in [-0.39, 0.29) is 5.82 Å². The highest BCUT2D eigenvalue weighted by Gasteiger charge is 2.00. The summed E-state index contributed by atoms with van der Waals surface area (Å²) in [5, 5.41) is 3.37. The van der Waals surface area contributed by atoms with Gasteiger partial charge in [-0.25, -0.2) is 9.37 Å². The van der Waals surface area contributed by atoms with Gasteiger partial charge in [0.25, 0.3) is 0 Å². The van der Waals surface area contributed by atoms with Gasteiger partial charge in [-0.2, -0.15) is 0 Å². The first-order valence-corrected chi connectivity index (χ1v) is 5.58. The molecule has 1 N–H and O–H groups in total. The minimum atomic E-state index is -0.188. The topological polar surface area (TPSA) is 37.8 Å². The van der Waals surface area contributed by atoms with Crippen LogP contribution in [0.3, 0.4) is 0 Å². The van der Waals surface area contributed by atoms with Gasteiger partial charge in [-0.3, -0.25) is 4.98 Å². The SMILES string of the molecule is Fc1ccccc1CCNc1cncc(Cl)n1. The predicted octanol–water partition coefficient (Wildman–Crippen LogP) is 2.92. The van der Waals surface area contributed by atoms with Crippen LogP contribution in [0.25, 0.3) is 0 Å². The molecule has 2 rings (SSSR count). The summed E-state index contributed by atoms with van der Waals surface area (Å²) in [5.74, 6) is 0.403. The molecule has 0 aliphatic carbocycles. The second-order valence-electron chi connectivity index (χ2n) is 3.50. The maximum Gasteiger partial charge on any atom is 0.149 e. The number of nitrogens with zero attached hydrogens (tertiary/aromatic N) is 2. The van der Waals surface area contributed by atoms with Gasteiger partial charge < -0.3 is 5.32 Å². The zero-order chi connectivity index (χ0) is 12.1. The van der Waals surface area contributed by atoms with E-state index in [0.29, 0.717) is 29.5 Å². The highest BCUT2D eigenvalue weighted by molar-refractivity contribution is 6.29. The van der Waals surface area contributed by atoms with E-state index >= 15 is 0 Å². The van der Waals surface area contributed by atoms with Crippen molar-refractivity contribution in [2.75, 3.05) is 11.9 Å². The van der Waals surface area contributed by atoms with E-state index in [1.165, 1.54) is 12.3 Å². The van der Waals surface area contributed by atoms with E-state index < -0.39 is 0 Å². The minimum absolute atomic E-state index is 0.188. The molecule has 1 heterocycles. The largest absolute Gasteiger partial charge is 0.368 e.